The first kappa shape index (κ1) is 16.2. The van der Waals surface area contributed by atoms with Gasteiger partial charge in [0.25, 0.3) is 5.69 Å². The van der Waals surface area contributed by atoms with Crippen molar-refractivity contribution in [2.45, 2.75) is 13.0 Å². The molecule has 0 fully saturated rings. The van der Waals surface area contributed by atoms with Gasteiger partial charge in [-0.15, -0.1) is 0 Å². The molecule has 0 atom stereocenters. The molecule has 1 heterocycles. The highest BCUT2D eigenvalue weighted by atomic mass is 32.2. The highest BCUT2D eigenvalue weighted by molar-refractivity contribution is 7.89. The summed E-state index contributed by atoms with van der Waals surface area (Å²) in [6, 6.07) is 9.29. The third-order valence-electron chi connectivity index (χ3n) is 3.23. The van der Waals surface area contributed by atoms with Crippen molar-refractivity contribution in [1.29, 1.82) is 0 Å². The van der Waals surface area contributed by atoms with E-state index in [1.807, 2.05) is 0 Å². The third kappa shape index (κ3) is 4.15. The third-order valence-corrected chi connectivity index (χ3v) is 5.03. The molecule has 0 unspecified atom stereocenters. The zero-order chi connectivity index (χ0) is 16.2. The van der Waals surface area contributed by atoms with E-state index in [0.29, 0.717) is 12.2 Å². The number of non-ortho nitro benzene ring substituents is 1. The van der Waals surface area contributed by atoms with E-state index in [4.69, 9.17) is 4.42 Å². The Morgan fingerprint density at radius 2 is 1.91 bits per heavy atom. The number of benzene rings is 1. The number of aryl methyl sites for hydroxylation is 1. The summed E-state index contributed by atoms with van der Waals surface area (Å²) in [6.07, 6.45) is 1.79. The SMILES string of the molecule is CN(Cc1ccco1)S(=O)(=O)CCc1ccc([N+](=O)[O-])cc1. The minimum Gasteiger partial charge on any atom is -0.468 e. The van der Waals surface area contributed by atoms with E-state index in [-0.39, 0.29) is 18.0 Å². The minimum absolute atomic E-state index is 0.0125. The molecule has 0 saturated carbocycles. The Labute approximate surface area is 128 Å². The van der Waals surface area contributed by atoms with Crippen molar-refractivity contribution >= 4 is 15.7 Å². The van der Waals surface area contributed by atoms with Gasteiger partial charge >= 0.3 is 0 Å². The summed E-state index contributed by atoms with van der Waals surface area (Å²) in [6.45, 7) is 0.176. The lowest BCUT2D eigenvalue weighted by atomic mass is 10.1. The molecule has 0 aliphatic heterocycles. The summed E-state index contributed by atoms with van der Waals surface area (Å²) in [5.74, 6) is 0.503. The quantitative estimate of drug-likeness (QED) is 0.575. The predicted molar refractivity (Wildman–Crippen MR) is 80.8 cm³/mol. The van der Waals surface area contributed by atoms with Gasteiger partial charge in [0.1, 0.15) is 5.76 Å². The Morgan fingerprint density at radius 3 is 2.45 bits per heavy atom. The normalized spacial score (nSPS) is 11.7. The van der Waals surface area contributed by atoms with Crippen LogP contribution in [-0.2, 0) is 23.0 Å². The number of nitrogens with zero attached hydrogens (tertiary/aromatic N) is 2. The van der Waals surface area contributed by atoms with Crippen molar-refractivity contribution in [1.82, 2.24) is 4.31 Å². The topological polar surface area (TPSA) is 93.7 Å². The maximum atomic E-state index is 12.2. The van der Waals surface area contributed by atoms with Gasteiger partial charge < -0.3 is 4.42 Å². The summed E-state index contributed by atoms with van der Waals surface area (Å²) in [4.78, 5) is 10.1. The monoisotopic (exact) mass is 324 g/mol. The molecule has 0 aliphatic carbocycles. The largest absolute Gasteiger partial charge is 0.468 e. The second-order valence-electron chi connectivity index (χ2n) is 4.82. The fourth-order valence-electron chi connectivity index (χ4n) is 1.91. The second-order valence-corrected chi connectivity index (χ2v) is 7.02. The van der Waals surface area contributed by atoms with Crippen molar-refractivity contribution in [3.05, 3.63) is 64.1 Å². The smallest absolute Gasteiger partial charge is 0.269 e. The summed E-state index contributed by atoms with van der Waals surface area (Å²) in [5, 5.41) is 10.6. The van der Waals surface area contributed by atoms with Crippen LogP contribution >= 0.6 is 0 Å². The Morgan fingerprint density at radius 1 is 1.23 bits per heavy atom. The fourth-order valence-corrected chi connectivity index (χ4v) is 3.04. The molecule has 2 aromatic rings. The van der Waals surface area contributed by atoms with Gasteiger partial charge in [-0.2, -0.15) is 4.31 Å². The van der Waals surface area contributed by atoms with Crippen molar-refractivity contribution < 1.29 is 17.8 Å². The lowest BCUT2D eigenvalue weighted by molar-refractivity contribution is -0.384. The lowest BCUT2D eigenvalue weighted by Crippen LogP contribution is -2.29. The Balaban J connectivity index is 1.95. The Hall–Kier alpha value is -2.19. The van der Waals surface area contributed by atoms with E-state index >= 15 is 0 Å². The van der Waals surface area contributed by atoms with Gasteiger partial charge in [0.15, 0.2) is 0 Å². The van der Waals surface area contributed by atoms with Gasteiger partial charge in [0.2, 0.25) is 10.0 Å². The van der Waals surface area contributed by atoms with Crippen LogP contribution < -0.4 is 0 Å². The molecule has 118 valence electrons. The van der Waals surface area contributed by atoms with Crippen LogP contribution in [-0.4, -0.2) is 30.4 Å². The second kappa shape index (κ2) is 6.71. The molecule has 0 N–H and O–H groups in total. The molecule has 0 saturated heterocycles. The fraction of sp³-hybridized carbons (Fsp3) is 0.286. The molecule has 1 aromatic carbocycles. The first-order valence-corrected chi connectivity index (χ1v) is 8.19. The van der Waals surface area contributed by atoms with Crippen molar-refractivity contribution in [3.63, 3.8) is 0 Å². The van der Waals surface area contributed by atoms with Gasteiger partial charge in [-0.1, -0.05) is 12.1 Å². The number of nitro benzene ring substituents is 1. The molecular formula is C14H16N2O5S. The number of hydrogen-bond donors (Lipinski definition) is 0. The summed E-state index contributed by atoms with van der Waals surface area (Å²) < 4.78 is 30.7. The molecule has 0 amide bonds. The van der Waals surface area contributed by atoms with E-state index in [1.54, 1.807) is 24.3 Å². The molecule has 0 spiro atoms. The van der Waals surface area contributed by atoms with Gasteiger partial charge in [-0.3, -0.25) is 10.1 Å². The Bertz CT molecular complexity index is 723. The predicted octanol–water partition coefficient (Wildman–Crippen LogP) is 2.19. The molecule has 0 aliphatic rings. The minimum atomic E-state index is -3.42. The number of rotatable bonds is 7. The van der Waals surface area contributed by atoms with Crippen LogP contribution in [0.3, 0.4) is 0 Å². The van der Waals surface area contributed by atoms with Gasteiger partial charge in [-0.25, -0.2) is 8.42 Å². The van der Waals surface area contributed by atoms with Crippen LogP contribution in [0.15, 0.2) is 47.1 Å². The average Bonchev–Trinajstić information content (AvgIpc) is 2.98. The lowest BCUT2D eigenvalue weighted by Gasteiger charge is -2.15. The molecular weight excluding hydrogens is 308 g/mol. The molecule has 8 heteroatoms. The number of nitro groups is 1. The van der Waals surface area contributed by atoms with E-state index in [1.165, 1.54) is 29.7 Å². The van der Waals surface area contributed by atoms with Crippen LogP contribution in [0.1, 0.15) is 11.3 Å². The zero-order valence-electron chi connectivity index (χ0n) is 12.0. The number of furan rings is 1. The van der Waals surface area contributed by atoms with Crippen LogP contribution in [0, 0.1) is 10.1 Å². The van der Waals surface area contributed by atoms with Crippen molar-refractivity contribution in [2.75, 3.05) is 12.8 Å². The maximum absolute atomic E-state index is 12.2. The van der Waals surface area contributed by atoms with Gasteiger partial charge in [-0.05, 0) is 24.1 Å². The van der Waals surface area contributed by atoms with Gasteiger partial charge in [0, 0.05) is 19.2 Å². The first-order chi connectivity index (χ1) is 10.4. The molecule has 0 bridgehead atoms. The van der Waals surface area contributed by atoms with Crippen molar-refractivity contribution in [2.24, 2.45) is 0 Å². The summed E-state index contributed by atoms with van der Waals surface area (Å²) >= 11 is 0. The highest BCUT2D eigenvalue weighted by Gasteiger charge is 2.19. The standard InChI is InChI=1S/C14H16N2O5S/c1-15(11-14-3-2-9-21-14)22(19,20)10-8-12-4-6-13(7-5-12)16(17)18/h2-7,9H,8,10-11H2,1H3. The van der Waals surface area contributed by atoms with Crippen LogP contribution in [0.2, 0.25) is 0 Å². The zero-order valence-corrected chi connectivity index (χ0v) is 12.8. The van der Waals surface area contributed by atoms with Crippen LogP contribution in [0.25, 0.3) is 0 Å². The Kier molecular flexibility index (Phi) is 4.94. The number of hydrogen-bond acceptors (Lipinski definition) is 5. The maximum Gasteiger partial charge on any atom is 0.269 e. The van der Waals surface area contributed by atoms with E-state index in [9.17, 15) is 18.5 Å². The van der Waals surface area contributed by atoms with E-state index in [0.717, 1.165) is 5.56 Å². The van der Waals surface area contributed by atoms with Crippen LogP contribution in [0.4, 0.5) is 5.69 Å². The first-order valence-electron chi connectivity index (χ1n) is 6.58. The van der Waals surface area contributed by atoms with Crippen LogP contribution in [0.5, 0.6) is 0 Å². The van der Waals surface area contributed by atoms with Crippen molar-refractivity contribution in [3.8, 4) is 0 Å². The average molecular weight is 324 g/mol. The molecule has 7 nitrogen and oxygen atoms in total. The molecule has 1 aromatic heterocycles. The van der Waals surface area contributed by atoms with Gasteiger partial charge in [0.05, 0.1) is 23.5 Å². The highest BCUT2D eigenvalue weighted by Crippen LogP contribution is 2.14. The van der Waals surface area contributed by atoms with E-state index in [2.05, 4.69) is 0 Å². The van der Waals surface area contributed by atoms with E-state index < -0.39 is 14.9 Å². The number of sulfonamides is 1. The molecule has 22 heavy (non-hydrogen) atoms. The summed E-state index contributed by atoms with van der Waals surface area (Å²) in [5.41, 5.74) is 0.724. The molecule has 0 radical (unpaired) electrons. The molecule has 2 rings (SSSR count). The summed E-state index contributed by atoms with van der Waals surface area (Å²) in [7, 11) is -1.93.